The van der Waals surface area contributed by atoms with Crippen molar-refractivity contribution in [3.63, 3.8) is 0 Å². The van der Waals surface area contributed by atoms with Crippen LogP contribution in [0.4, 0.5) is 0 Å². The molecule has 0 amide bonds. The SMILES string of the molecule is COc1ccccc1CN1CCC(N)C(C)(C)C1.Cl. The van der Waals surface area contributed by atoms with Gasteiger partial charge in [0.2, 0.25) is 0 Å². The zero-order valence-electron chi connectivity index (χ0n) is 12.1. The van der Waals surface area contributed by atoms with Crippen LogP contribution in [0, 0.1) is 5.41 Å². The number of ether oxygens (including phenoxy) is 1. The van der Waals surface area contributed by atoms with Crippen LogP contribution in [0.5, 0.6) is 5.75 Å². The summed E-state index contributed by atoms with van der Waals surface area (Å²) < 4.78 is 5.41. The number of methoxy groups -OCH3 is 1. The molecule has 2 rings (SSSR count). The number of piperidine rings is 1. The molecule has 0 aliphatic carbocycles. The third kappa shape index (κ3) is 3.85. The molecule has 0 radical (unpaired) electrons. The Bertz CT molecular complexity index is 409. The van der Waals surface area contributed by atoms with Gasteiger partial charge in [0.1, 0.15) is 5.75 Å². The summed E-state index contributed by atoms with van der Waals surface area (Å²) in [4.78, 5) is 2.47. The third-order valence-electron chi connectivity index (χ3n) is 3.98. The maximum Gasteiger partial charge on any atom is 0.123 e. The maximum absolute atomic E-state index is 6.17. The first-order valence-electron chi connectivity index (χ1n) is 6.63. The van der Waals surface area contributed by atoms with Gasteiger partial charge < -0.3 is 10.5 Å². The van der Waals surface area contributed by atoms with Gasteiger partial charge in [-0.25, -0.2) is 0 Å². The smallest absolute Gasteiger partial charge is 0.123 e. The van der Waals surface area contributed by atoms with Crippen LogP contribution >= 0.6 is 12.4 Å². The van der Waals surface area contributed by atoms with Gasteiger partial charge in [0, 0.05) is 31.2 Å². The van der Waals surface area contributed by atoms with E-state index in [4.69, 9.17) is 10.5 Å². The molecule has 1 fully saturated rings. The Balaban J connectivity index is 0.00000180. The number of rotatable bonds is 3. The number of nitrogens with zero attached hydrogens (tertiary/aromatic N) is 1. The van der Waals surface area contributed by atoms with Crippen LogP contribution in [0.1, 0.15) is 25.8 Å². The molecule has 1 unspecified atom stereocenters. The van der Waals surface area contributed by atoms with Crippen molar-refractivity contribution >= 4 is 12.4 Å². The first-order valence-corrected chi connectivity index (χ1v) is 6.63. The van der Waals surface area contributed by atoms with Gasteiger partial charge in [-0.05, 0) is 17.9 Å². The van der Waals surface area contributed by atoms with Crippen molar-refractivity contribution in [3.8, 4) is 5.75 Å². The molecular weight excluding hydrogens is 260 g/mol. The van der Waals surface area contributed by atoms with E-state index in [2.05, 4.69) is 30.9 Å². The number of para-hydroxylation sites is 1. The monoisotopic (exact) mass is 284 g/mol. The minimum absolute atomic E-state index is 0. The second kappa shape index (κ2) is 6.60. The van der Waals surface area contributed by atoms with E-state index in [1.807, 2.05) is 12.1 Å². The van der Waals surface area contributed by atoms with Crippen LogP contribution < -0.4 is 10.5 Å². The van der Waals surface area contributed by atoms with Gasteiger partial charge in [-0.3, -0.25) is 4.90 Å². The summed E-state index contributed by atoms with van der Waals surface area (Å²) in [6, 6.07) is 8.56. The lowest BCUT2D eigenvalue weighted by atomic mass is 9.79. The first kappa shape index (κ1) is 16.3. The van der Waals surface area contributed by atoms with Crippen molar-refractivity contribution in [2.24, 2.45) is 11.1 Å². The lowest BCUT2D eigenvalue weighted by molar-refractivity contribution is 0.0892. The van der Waals surface area contributed by atoms with Crippen LogP contribution in [-0.4, -0.2) is 31.1 Å². The Morgan fingerprint density at radius 1 is 1.37 bits per heavy atom. The number of halogens is 1. The fraction of sp³-hybridized carbons (Fsp3) is 0.600. The number of hydrogen-bond acceptors (Lipinski definition) is 3. The molecule has 0 bridgehead atoms. The normalized spacial score (nSPS) is 22.6. The molecule has 1 aliphatic rings. The number of benzene rings is 1. The number of hydrogen-bond donors (Lipinski definition) is 1. The van der Waals surface area contributed by atoms with Crippen molar-refractivity contribution in [1.29, 1.82) is 0 Å². The van der Waals surface area contributed by atoms with Gasteiger partial charge >= 0.3 is 0 Å². The lowest BCUT2D eigenvalue weighted by Gasteiger charge is -2.42. The summed E-state index contributed by atoms with van der Waals surface area (Å²) >= 11 is 0. The van der Waals surface area contributed by atoms with Crippen LogP contribution in [0.2, 0.25) is 0 Å². The predicted molar refractivity (Wildman–Crippen MR) is 81.9 cm³/mol. The summed E-state index contributed by atoms with van der Waals surface area (Å²) in [5, 5.41) is 0. The Labute approximate surface area is 122 Å². The fourth-order valence-corrected chi connectivity index (χ4v) is 2.69. The quantitative estimate of drug-likeness (QED) is 0.927. The first-order chi connectivity index (χ1) is 8.53. The van der Waals surface area contributed by atoms with Crippen molar-refractivity contribution in [3.05, 3.63) is 29.8 Å². The lowest BCUT2D eigenvalue weighted by Crippen LogP contribution is -2.52. The average molecular weight is 285 g/mol. The molecule has 1 atom stereocenters. The Kier molecular flexibility index (Phi) is 5.65. The van der Waals surface area contributed by atoms with E-state index in [1.165, 1.54) is 5.56 Å². The maximum atomic E-state index is 6.17. The molecular formula is C15H25ClN2O. The predicted octanol–water partition coefficient (Wildman–Crippen LogP) is 2.68. The summed E-state index contributed by atoms with van der Waals surface area (Å²) in [6.45, 7) is 7.58. The average Bonchev–Trinajstić information content (AvgIpc) is 2.34. The molecule has 3 nitrogen and oxygen atoms in total. The van der Waals surface area contributed by atoms with Crippen molar-refractivity contribution < 1.29 is 4.74 Å². The van der Waals surface area contributed by atoms with Crippen molar-refractivity contribution in [1.82, 2.24) is 4.90 Å². The molecule has 1 aliphatic heterocycles. The molecule has 19 heavy (non-hydrogen) atoms. The van der Waals surface area contributed by atoms with Crippen molar-refractivity contribution in [2.45, 2.75) is 32.9 Å². The van der Waals surface area contributed by atoms with E-state index in [-0.39, 0.29) is 17.8 Å². The summed E-state index contributed by atoms with van der Waals surface area (Å²) in [5.74, 6) is 0.977. The van der Waals surface area contributed by atoms with Crippen LogP contribution in [0.3, 0.4) is 0 Å². The number of likely N-dealkylation sites (tertiary alicyclic amines) is 1. The van der Waals surface area contributed by atoms with Crippen LogP contribution in [0.15, 0.2) is 24.3 Å². The zero-order valence-corrected chi connectivity index (χ0v) is 12.9. The Morgan fingerprint density at radius 3 is 2.68 bits per heavy atom. The summed E-state index contributed by atoms with van der Waals surface area (Å²) in [6.07, 6.45) is 1.07. The van der Waals surface area contributed by atoms with Gasteiger partial charge in [0.05, 0.1) is 7.11 Å². The highest BCUT2D eigenvalue weighted by Gasteiger charge is 2.33. The van der Waals surface area contributed by atoms with E-state index in [9.17, 15) is 0 Å². The fourth-order valence-electron chi connectivity index (χ4n) is 2.69. The molecule has 0 saturated carbocycles. The van der Waals surface area contributed by atoms with E-state index in [0.29, 0.717) is 6.04 Å². The third-order valence-corrected chi connectivity index (χ3v) is 3.98. The van der Waals surface area contributed by atoms with E-state index >= 15 is 0 Å². The molecule has 2 N–H and O–H groups in total. The summed E-state index contributed by atoms with van der Waals surface area (Å²) in [5.41, 5.74) is 7.62. The van der Waals surface area contributed by atoms with Crippen LogP contribution in [0.25, 0.3) is 0 Å². The molecule has 1 heterocycles. The standard InChI is InChI=1S/C15H24N2O.ClH/c1-15(2)11-17(9-8-14(15)16)10-12-6-4-5-7-13(12)18-3;/h4-7,14H,8-11,16H2,1-3H3;1H. The Hall–Kier alpha value is -0.770. The van der Waals surface area contributed by atoms with E-state index in [1.54, 1.807) is 7.11 Å². The zero-order chi connectivity index (χ0) is 13.2. The van der Waals surface area contributed by atoms with Gasteiger partial charge in [0.25, 0.3) is 0 Å². The second-order valence-corrected chi connectivity index (χ2v) is 5.91. The largest absolute Gasteiger partial charge is 0.496 e. The molecule has 1 aromatic carbocycles. The Morgan fingerprint density at radius 2 is 2.05 bits per heavy atom. The van der Waals surface area contributed by atoms with Gasteiger partial charge in [-0.1, -0.05) is 32.0 Å². The van der Waals surface area contributed by atoms with Gasteiger partial charge in [0.15, 0.2) is 0 Å². The van der Waals surface area contributed by atoms with E-state index < -0.39 is 0 Å². The molecule has 4 heteroatoms. The molecule has 1 saturated heterocycles. The highest BCUT2D eigenvalue weighted by molar-refractivity contribution is 5.85. The second-order valence-electron chi connectivity index (χ2n) is 5.91. The minimum atomic E-state index is 0. The van der Waals surface area contributed by atoms with Crippen molar-refractivity contribution in [2.75, 3.05) is 20.2 Å². The topological polar surface area (TPSA) is 38.5 Å². The number of nitrogens with two attached hydrogens (primary N) is 1. The molecule has 1 aromatic rings. The van der Waals surface area contributed by atoms with E-state index in [0.717, 1.165) is 31.8 Å². The van der Waals surface area contributed by atoms with Crippen LogP contribution in [-0.2, 0) is 6.54 Å². The highest BCUT2D eigenvalue weighted by atomic mass is 35.5. The summed E-state index contributed by atoms with van der Waals surface area (Å²) in [7, 11) is 1.73. The van der Waals surface area contributed by atoms with Gasteiger partial charge in [-0.15, -0.1) is 12.4 Å². The molecule has 0 spiro atoms. The highest BCUT2D eigenvalue weighted by Crippen LogP contribution is 2.29. The van der Waals surface area contributed by atoms with Gasteiger partial charge in [-0.2, -0.15) is 0 Å². The molecule has 108 valence electrons. The minimum Gasteiger partial charge on any atom is -0.496 e. The molecule has 0 aromatic heterocycles.